The number of rotatable bonds is 7. The number of hydrogen-bond donors (Lipinski definition) is 2. The first-order chi connectivity index (χ1) is 16.3. The molecule has 2 N–H and O–H groups in total. The summed E-state index contributed by atoms with van der Waals surface area (Å²) in [4.78, 5) is 20.6. The van der Waals surface area contributed by atoms with Crippen molar-refractivity contribution in [2.45, 2.75) is 62.9 Å². The van der Waals surface area contributed by atoms with E-state index in [9.17, 15) is 13.2 Å². The number of carbonyl (C=O) groups excluding carboxylic acids is 1. The van der Waals surface area contributed by atoms with Crippen molar-refractivity contribution in [2.24, 2.45) is 0 Å². The van der Waals surface area contributed by atoms with Gasteiger partial charge < -0.3 is 10.1 Å². The topological polar surface area (TPSA) is 93.7 Å². The Bertz CT molecular complexity index is 1140. The monoisotopic (exact) mass is 522 g/mol. The SMILES string of the molecule is CC(=S)Nc1cccc(-c2ccc([C@@]3(CC(=O)NOC4CCCCO4)CCCCS3(=O)=O)s2)c1. The first-order valence-electron chi connectivity index (χ1n) is 11.6. The molecule has 4 rings (SSSR count). The number of benzene rings is 1. The summed E-state index contributed by atoms with van der Waals surface area (Å²) in [5.41, 5.74) is 4.29. The van der Waals surface area contributed by atoms with Gasteiger partial charge in [0.15, 0.2) is 16.1 Å². The van der Waals surface area contributed by atoms with Crippen LogP contribution in [0.1, 0.15) is 56.7 Å². The number of ether oxygens (including phenoxy) is 1. The van der Waals surface area contributed by atoms with Gasteiger partial charge in [-0.25, -0.2) is 18.7 Å². The third kappa shape index (κ3) is 5.68. The minimum absolute atomic E-state index is 0.0768. The minimum atomic E-state index is -3.54. The van der Waals surface area contributed by atoms with Crippen LogP contribution in [-0.2, 0) is 29.0 Å². The zero-order valence-corrected chi connectivity index (χ0v) is 21.6. The van der Waals surface area contributed by atoms with Gasteiger partial charge in [-0.15, -0.1) is 11.3 Å². The van der Waals surface area contributed by atoms with Crippen molar-refractivity contribution < 1.29 is 22.8 Å². The summed E-state index contributed by atoms with van der Waals surface area (Å²) >= 11 is 6.56. The van der Waals surface area contributed by atoms with Crippen molar-refractivity contribution in [1.29, 1.82) is 0 Å². The molecule has 3 heterocycles. The Morgan fingerprint density at radius 1 is 1.24 bits per heavy atom. The number of thiocarbonyl (C=S) groups is 1. The van der Waals surface area contributed by atoms with Crippen LogP contribution in [0, 0.1) is 0 Å². The summed E-state index contributed by atoms with van der Waals surface area (Å²) in [6.45, 7) is 2.41. The Labute approximate surface area is 210 Å². The largest absolute Gasteiger partial charge is 0.350 e. The summed E-state index contributed by atoms with van der Waals surface area (Å²) in [6.07, 6.45) is 3.76. The van der Waals surface area contributed by atoms with Crippen LogP contribution < -0.4 is 10.8 Å². The molecule has 0 bridgehead atoms. The van der Waals surface area contributed by atoms with E-state index in [-0.39, 0.29) is 12.2 Å². The van der Waals surface area contributed by atoms with Crippen LogP contribution in [0.3, 0.4) is 0 Å². The number of carbonyl (C=O) groups is 1. The fourth-order valence-electron chi connectivity index (χ4n) is 4.54. The molecular weight excluding hydrogens is 492 g/mol. The third-order valence-electron chi connectivity index (χ3n) is 6.25. The molecule has 7 nitrogen and oxygen atoms in total. The van der Waals surface area contributed by atoms with Crippen molar-refractivity contribution in [3.05, 3.63) is 41.3 Å². The van der Waals surface area contributed by atoms with Gasteiger partial charge in [-0.2, -0.15) is 0 Å². The van der Waals surface area contributed by atoms with E-state index in [0.29, 0.717) is 35.7 Å². The van der Waals surface area contributed by atoms with Gasteiger partial charge in [-0.3, -0.25) is 4.79 Å². The van der Waals surface area contributed by atoms with E-state index in [2.05, 4.69) is 10.8 Å². The second-order valence-corrected chi connectivity index (χ2v) is 12.9. The maximum atomic E-state index is 13.4. The second kappa shape index (κ2) is 10.8. The number of sulfone groups is 1. The number of nitrogens with one attached hydrogen (secondary N) is 2. The molecule has 2 aromatic rings. The number of hydroxylamine groups is 1. The minimum Gasteiger partial charge on any atom is -0.350 e. The maximum Gasteiger partial charge on any atom is 0.245 e. The lowest BCUT2D eigenvalue weighted by Gasteiger charge is -2.35. The number of thiophene rings is 1. The predicted molar refractivity (Wildman–Crippen MR) is 138 cm³/mol. The highest BCUT2D eigenvalue weighted by molar-refractivity contribution is 7.92. The van der Waals surface area contributed by atoms with E-state index in [0.717, 1.165) is 35.4 Å². The lowest BCUT2D eigenvalue weighted by atomic mass is 9.94. The molecule has 1 unspecified atom stereocenters. The number of hydrogen-bond acceptors (Lipinski definition) is 7. The fourth-order valence-corrected chi connectivity index (χ4v) is 8.43. The van der Waals surface area contributed by atoms with Gasteiger partial charge in [0.25, 0.3) is 0 Å². The predicted octanol–water partition coefficient (Wildman–Crippen LogP) is 4.93. The molecule has 1 amide bonds. The first kappa shape index (κ1) is 25.2. The van der Waals surface area contributed by atoms with Gasteiger partial charge in [0, 0.05) is 28.5 Å². The summed E-state index contributed by atoms with van der Waals surface area (Å²) in [5.74, 6) is -0.370. The van der Waals surface area contributed by atoms with E-state index in [1.807, 2.05) is 43.3 Å². The first-order valence-corrected chi connectivity index (χ1v) is 14.4. The highest BCUT2D eigenvalue weighted by Crippen LogP contribution is 2.47. The summed E-state index contributed by atoms with van der Waals surface area (Å²) in [7, 11) is -3.54. The Morgan fingerprint density at radius 3 is 2.82 bits per heavy atom. The van der Waals surface area contributed by atoms with E-state index in [4.69, 9.17) is 21.8 Å². The highest BCUT2D eigenvalue weighted by Gasteiger charge is 2.49. The van der Waals surface area contributed by atoms with Gasteiger partial charge >= 0.3 is 0 Å². The van der Waals surface area contributed by atoms with Crippen molar-refractivity contribution in [2.75, 3.05) is 17.7 Å². The molecule has 2 atom stereocenters. The normalized spacial score (nSPS) is 24.3. The molecule has 34 heavy (non-hydrogen) atoms. The molecule has 0 aliphatic carbocycles. The molecule has 10 heteroatoms. The zero-order valence-electron chi connectivity index (χ0n) is 19.2. The third-order valence-corrected chi connectivity index (χ3v) is 10.4. The maximum absolute atomic E-state index is 13.4. The molecular formula is C24H30N2O5S3. The van der Waals surface area contributed by atoms with E-state index >= 15 is 0 Å². The van der Waals surface area contributed by atoms with Crippen LogP contribution in [0.15, 0.2) is 36.4 Å². The van der Waals surface area contributed by atoms with Gasteiger partial charge in [-0.05, 0) is 62.4 Å². The summed E-state index contributed by atoms with van der Waals surface area (Å²) in [6, 6.07) is 11.6. The van der Waals surface area contributed by atoms with Crippen LogP contribution in [0.2, 0.25) is 0 Å². The molecule has 1 aromatic heterocycles. The lowest BCUT2D eigenvalue weighted by molar-refractivity contribution is -0.200. The standard InChI is InChI=1S/C24H30N2O5S3/c1-17(32)25-19-8-6-7-18(15-19)20-10-11-21(33-20)24(12-3-5-14-34(24,28)29)16-22(27)26-31-23-9-2-4-13-30-23/h6-8,10-11,15,23H,2-5,9,12-14,16H2,1H3,(H,25,32)(H,26,27)/t23?,24-/m0/s1. The highest BCUT2D eigenvalue weighted by atomic mass is 32.2. The molecule has 0 saturated carbocycles. The average Bonchev–Trinajstić information content (AvgIpc) is 3.30. The molecule has 0 spiro atoms. The van der Waals surface area contributed by atoms with E-state index in [1.54, 1.807) is 0 Å². The lowest BCUT2D eigenvalue weighted by Crippen LogP contribution is -2.45. The zero-order chi connectivity index (χ0) is 24.2. The molecule has 2 aliphatic rings. The van der Waals surface area contributed by atoms with Crippen LogP contribution >= 0.6 is 23.6 Å². The summed E-state index contributed by atoms with van der Waals surface area (Å²) < 4.78 is 31.0. The summed E-state index contributed by atoms with van der Waals surface area (Å²) in [5, 5.41) is 3.14. The number of anilines is 1. The molecule has 2 saturated heterocycles. The molecule has 2 fully saturated rings. The quantitative estimate of drug-likeness (QED) is 0.393. The van der Waals surface area contributed by atoms with Gasteiger partial charge in [0.2, 0.25) is 5.91 Å². The molecule has 1 aromatic carbocycles. The van der Waals surface area contributed by atoms with Gasteiger partial charge in [-0.1, -0.05) is 30.8 Å². The van der Waals surface area contributed by atoms with Gasteiger partial charge in [0.05, 0.1) is 17.2 Å². The molecule has 0 radical (unpaired) electrons. The second-order valence-electron chi connectivity index (χ2n) is 8.81. The van der Waals surface area contributed by atoms with Crippen molar-refractivity contribution in [1.82, 2.24) is 5.48 Å². The van der Waals surface area contributed by atoms with E-state index < -0.39 is 26.8 Å². The van der Waals surface area contributed by atoms with Crippen molar-refractivity contribution >= 4 is 50.0 Å². The van der Waals surface area contributed by atoms with Crippen molar-refractivity contribution in [3.63, 3.8) is 0 Å². The molecule has 2 aliphatic heterocycles. The number of amides is 1. The Morgan fingerprint density at radius 2 is 2.09 bits per heavy atom. The van der Waals surface area contributed by atoms with Gasteiger partial charge in [0.1, 0.15) is 4.75 Å². The van der Waals surface area contributed by atoms with Crippen LogP contribution in [0.25, 0.3) is 10.4 Å². The van der Waals surface area contributed by atoms with E-state index in [1.165, 1.54) is 11.3 Å². The molecule has 184 valence electrons. The fraction of sp³-hybridized carbons (Fsp3) is 0.500. The smallest absolute Gasteiger partial charge is 0.245 e. The Kier molecular flexibility index (Phi) is 8.04. The van der Waals surface area contributed by atoms with Crippen LogP contribution in [0.5, 0.6) is 0 Å². The van der Waals surface area contributed by atoms with Crippen LogP contribution in [0.4, 0.5) is 5.69 Å². The van der Waals surface area contributed by atoms with Crippen molar-refractivity contribution in [3.8, 4) is 10.4 Å². The Hall–Kier alpha value is -1.85. The van der Waals surface area contributed by atoms with Crippen LogP contribution in [-0.4, -0.2) is 38.0 Å². The average molecular weight is 523 g/mol. The Balaban J connectivity index is 1.58.